The largest absolute Gasteiger partial charge is 0.481 e. The number of carboxylic acids is 1. The Balaban J connectivity index is 4.30. The van der Waals surface area contributed by atoms with E-state index in [4.69, 9.17) is 5.11 Å². The summed E-state index contributed by atoms with van der Waals surface area (Å²) in [4.78, 5) is 22.3. The van der Waals surface area contributed by atoms with Crippen molar-refractivity contribution in [3.63, 3.8) is 0 Å². The van der Waals surface area contributed by atoms with Gasteiger partial charge in [-0.2, -0.15) is 11.8 Å². The Hall–Kier alpha value is -0.710. The fourth-order valence-electron chi connectivity index (χ4n) is 1.33. The zero-order chi connectivity index (χ0) is 11.9. The van der Waals surface area contributed by atoms with Gasteiger partial charge in [-0.05, 0) is 19.1 Å². The fraction of sp³-hybridized carbons (Fsp3) is 0.800. The molecule has 0 heterocycles. The molecule has 0 aliphatic rings. The van der Waals surface area contributed by atoms with E-state index >= 15 is 0 Å². The van der Waals surface area contributed by atoms with Crippen LogP contribution in [0.4, 0.5) is 0 Å². The van der Waals surface area contributed by atoms with Gasteiger partial charge in [-0.1, -0.05) is 13.8 Å². The van der Waals surface area contributed by atoms with Crippen LogP contribution in [-0.2, 0) is 9.59 Å². The summed E-state index contributed by atoms with van der Waals surface area (Å²) >= 11 is 1.42. The van der Waals surface area contributed by atoms with E-state index in [1.165, 1.54) is 11.8 Å². The van der Waals surface area contributed by atoms with Crippen LogP contribution in [0.3, 0.4) is 0 Å². The van der Waals surface area contributed by atoms with Gasteiger partial charge in [0.1, 0.15) is 0 Å². The molecule has 0 saturated carbocycles. The standard InChI is InChI=1S/C10H19NO3S/c1-4-10(5-2,9(13)14)7-11-8(12)6-15-3/h4-7H2,1-3H3,(H,11,12)(H,13,14). The molecule has 0 aromatic heterocycles. The van der Waals surface area contributed by atoms with E-state index in [2.05, 4.69) is 5.32 Å². The summed E-state index contributed by atoms with van der Waals surface area (Å²) in [5.74, 6) is -0.560. The molecule has 88 valence electrons. The molecule has 0 aliphatic carbocycles. The van der Waals surface area contributed by atoms with Crippen molar-refractivity contribution < 1.29 is 14.7 Å². The van der Waals surface area contributed by atoms with Gasteiger partial charge in [-0.15, -0.1) is 0 Å². The van der Waals surface area contributed by atoms with Crippen molar-refractivity contribution in [1.29, 1.82) is 0 Å². The number of rotatable bonds is 7. The summed E-state index contributed by atoms with van der Waals surface area (Å²) in [5.41, 5.74) is -0.811. The highest BCUT2D eigenvalue weighted by atomic mass is 32.2. The van der Waals surface area contributed by atoms with Crippen molar-refractivity contribution in [3.05, 3.63) is 0 Å². The second-order valence-corrected chi connectivity index (χ2v) is 4.37. The zero-order valence-electron chi connectivity index (χ0n) is 9.50. The monoisotopic (exact) mass is 233 g/mol. The van der Waals surface area contributed by atoms with Gasteiger partial charge in [0.25, 0.3) is 0 Å². The maximum absolute atomic E-state index is 11.2. The van der Waals surface area contributed by atoms with Crippen molar-refractivity contribution in [2.75, 3.05) is 18.6 Å². The molecule has 0 saturated heterocycles. The molecule has 1 amide bonds. The second kappa shape index (κ2) is 6.71. The van der Waals surface area contributed by atoms with E-state index in [-0.39, 0.29) is 12.5 Å². The average molecular weight is 233 g/mol. The van der Waals surface area contributed by atoms with Crippen LogP contribution in [0, 0.1) is 5.41 Å². The van der Waals surface area contributed by atoms with Crippen LogP contribution in [0.2, 0.25) is 0 Å². The summed E-state index contributed by atoms with van der Waals surface area (Å²) in [6.07, 6.45) is 2.89. The Morgan fingerprint density at radius 3 is 2.20 bits per heavy atom. The van der Waals surface area contributed by atoms with Gasteiger partial charge in [0.2, 0.25) is 5.91 Å². The van der Waals surface area contributed by atoms with Crippen molar-refractivity contribution in [1.82, 2.24) is 5.32 Å². The van der Waals surface area contributed by atoms with E-state index in [0.29, 0.717) is 18.6 Å². The van der Waals surface area contributed by atoms with Gasteiger partial charge >= 0.3 is 5.97 Å². The summed E-state index contributed by atoms with van der Waals surface area (Å²) in [5, 5.41) is 11.8. The molecule has 4 nitrogen and oxygen atoms in total. The number of carbonyl (C=O) groups excluding carboxylic acids is 1. The zero-order valence-corrected chi connectivity index (χ0v) is 10.3. The maximum atomic E-state index is 11.2. The molecule has 0 unspecified atom stereocenters. The number of carbonyl (C=O) groups is 2. The molecular formula is C10H19NO3S. The molecule has 0 aromatic carbocycles. The summed E-state index contributed by atoms with van der Waals surface area (Å²) in [6, 6.07) is 0. The molecule has 2 N–H and O–H groups in total. The van der Waals surface area contributed by atoms with Gasteiger partial charge in [0.05, 0.1) is 11.2 Å². The topological polar surface area (TPSA) is 66.4 Å². The van der Waals surface area contributed by atoms with Gasteiger partial charge in [-0.25, -0.2) is 0 Å². The minimum atomic E-state index is -0.836. The molecule has 0 radical (unpaired) electrons. The first-order chi connectivity index (χ1) is 7.02. The van der Waals surface area contributed by atoms with Crippen LogP contribution < -0.4 is 5.32 Å². The third-order valence-corrected chi connectivity index (χ3v) is 3.26. The van der Waals surface area contributed by atoms with Crippen LogP contribution in [0.5, 0.6) is 0 Å². The van der Waals surface area contributed by atoms with Crippen LogP contribution in [0.25, 0.3) is 0 Å². The number of nitrogens with one attached hydrogen (secondary N) is 1. The Morgan fingerprint density at radius 1 is 1.33 bits per heavy atom. The third kappa shape index (κ3) is 4.11. The summed E-state index contributed by atoms with van der Waals surface area (Å²) in [7, 11) is 0. The Morgan fingerprint density at radius 2 is 1.87 bits per heavy atom. The Kier molecular flexibility index (Phi) is 6.40. The van der Waals surface area contributed by atoms with Gasteiger partial charge < -0.3 is 10.4 Å². The molecule has 0 rings (SSSR count). The average Bonchev–Trinajstić information content (AvgIpc) is 2.20. The number of thioether (sulfide) groups is 1. The second-order valence-electron chi connectivity index (χ2n) is 3.50. The van der Waals surface area contributed by atoms with E-state index < -0.39 is 11.4 Å². The predicted octanol–water partition coefficient (Wildman–Crippen LogP) is 1.36. The van der Waals surface area contributed by atoms with E-state index in [1.54, 1.807) is 0 Å². The van der Waals surface area contributed by atoms with Crippen molar-refractivity contribution in [2.24, 2.45) is 5.41 Å². The fourth-order valence-corrected chi connectivity index (χ4v) is 1.69. The minimum absolute atomic E-state index is 0.102. The smallest absolute Gasteiger partial charge is 0.311 e. The first-order valence-electron chi connectivity index (χ1n) is 5.01. The number of amides is 1. The lowest BCUT2D eigenvalue weighted by molar-refractivity contribution is -0.149. The van der Waals surface area contributed by atoms with Crippen molar-refractivity contribution in [3.8, 4) is 0 Å². The lowest BCUT2D eigenvalue weighted by atomic mass is 9.82. The Bertz CT molecular complexity index is 227. The number of aliphatic carboxylic acids is 1. The van der Waals surface area contributed by atoms with Crippen LogP contribution in [-0.4, -0.2) is 35.5 Å². The van der Waals surface area contributed by atoms with Gasteiger partial charge in [0, 0.05) is 6.54 Å². The van der Waals surface area contributed by atoms with Gasteiger partial charge in [-0.3, -0.25) is 9.59 Å². The Labute approximate surface area is 94.8 Å². The normalized spacial score (nSPS) is 11.1. The molecule has 15 heavy (non-hydrogen) atoms. The summed E-state index contributed by atoms with van der Waals surface area (Å²) < 4.78 is 0. The molecule has 5 heteroatoms. The van der Waals surface area contributed by atoms with Crippen LogP contribution in [0.15, 0.2) is 0 Å². The molecule has 0 bridgehead atoms. The minimum Gasteiger partial charge on any atom is -0.481 e. The molecule has 0 spiro atoms. The lowest BCUT2D eigenvalue weighted by Crippen LogP contribution is -2.42. The molecular weight excluding hydrogens is 214 g/mol. The molecule has 0 atom stereocenters. The number of hydrogen-bond acceptors (Lipinski definition) is 3. The van der Waals surface area contributed by atoms with Crippen molar-refractivity contribution >= 4 is 23.6 Å². The molecule has 0 fully saturated rings. The maximum Gasteiger partial charge on any atom is 0.311 e. The van der Waals surface area contributed by atoms with Crippen LogP contribution >= 0.6 is 11.8 Å². The molecule has 0 aliphatic heterocycles. The number of carboxylic acid groups (broad SMARTS) is 1. The third-order valence-electron chi connectivity index (χ3n) is 2.71. The predicted molar refractivity (Wildman–Crippen MR) is 62.0 cm³/mol. The van der Waals surface area contributed by atoms with Crippen molar-refractivity contribution in [2.45, 2.75) is 26.7 Å². The van der Waals surface area contributed by atoms with Crippen LogP contribution in [0.1, 0.15) is 26.7 Å². The quantitative estimate of drug-likeness (QED) is 0.696. The van der Waals surface area contributed by atoms with E-state index in [0.717, 1.165) is 0 Å². The van der Waals surface area contributed by atoms with E-state index in [1.807, 2.05) is 20.1 Å². The molecule has 0 aromatic rings. The first-order valence-corrected chi connectivity index (χ1v) is 6.40. The highest BCUT2D eigenvalue weighted by molar-refractivity contribution is 7.99. The summed E-state index contributed by atoms with van der Waals surface area (Å²) in [6.45, 7) is 3.88. The highest BCUT2D eigenvalue weighted by Crippen LogP contribution is 2.25. The SMILES string of the molecule is CCC(CC)(CNC(=O)CSC)C(=O)O. The van der Waals surface area contributed by atoms with Gasteiger partial charge in [0.15, 0.2) is 0 Å². The van der Waals surface area contributed by atoms with E-state index in [9.17, 15) is 9.59 Å². The first kappa shape index (κ1) is 14.3. The highest BCUT2D eigenvalue weighted by Gasteiger charge is 2.34. The number of hydrogen-bond donors (Lipinski definition) is 2. The lowest BCUT2D eigenvalue weighted by Gasteiger charge is -2.26.